The van der Waals surface area contributed by atoms with E-state index in [0.29, 0.717) is 13.2 Å². The fourth-order valence-electron chi connectivity index (χ4n) is 7.41. The van der Waals surface area contributed by atoms with E-state index in [9.17, 15) is 5.11 Å². The molecule has 0 saturated carbocycles. The number of aliphatic hydroxyl groups is 1. The number of benzene rings is 5. The predicted molar refractivity (Wildman–Crippen MR) is 217 cm³/mol. The molecule has 2 fully saturated rings. The van der Waals surface area contributed by atoms with Gasteiger partial charge in [-0.2, -0.15) is 0 Å². The Morgan fingerprint density at radius 1 is 0.414 bits per heavy atom. The quantitative estimate of drug-likeness (QED) is 0.0911. The molecule has 2 heterocycles. The minimum atomic E-state index is -1.00. The van der Waals surface area contributed by atoms with E-state index in [0.717, 1.165) is 27.8 Å². The zero-order valence-corrected chi connectivity index (χ0v) is 33.1. The molecule has 0 spiro atoms. The minimum Gasteiger partial charge on any atom is -0.394 e. The molecule has 306 valence electrons. The van der Waals surface area contributed by atoms with Crippen LogP contribution in [0.5, 0.6) is 0 Å². The van der Waals surface area contributed by atoms with Gasteiger partial charge in [0.05, 0.1) is 45.7 Å². The topological polar surface area (TPSA) is 103 Å². The highest BCUT2D eigenvalue weighted by molar-refractivity contribution is 5.17. The summed E-state index contributed by atoms with van der Waals surface area (Å²) in [4.78, 5) is 0. The third-order valence-electron chi connectivity index (χ3n) is 10.4. The Labute approximate surface area is 341 Å². The van der Waals surface area contributed by atoms with Crippen molar-refractivity contribution in [3.05, 3.63) is 179 Å². The number of hydrogen-bond donors (Lipinski definition) is 1. The number of rotatable bonds is 19. The molecule has 0 aliphatic carbocycles. The average Bonchev–Trinajstić information content (AvgIpc) is 3.28. The Morgan fingerprint density at radius 2 is 0.741 bits per heavy atom. The molecule has 2 saturated heterocycles. The number of hydrogen-bond acceptors (Lipinski definition) is 10. The maximum Gasteiger partial charge on any atom is 0.187 e. The van der Waals surface area contributed by atoms with E-state index in [2.05, 4.69) is 0 Å². The lowest BCUT2D eigenvalue weighted by Crippen LogP contribution is -2.65. The Bertz CT molecular complexity index is 1870. The van der Waals surface area contributed by atoms with Crippen molar-refractivity contribution in [3.63, 3.8) is 0 Å². The third-order valence-corrected chi connectivity index (χ3v) is 10.4. The first-order chi connectivity index (χ1) is 28.6. The average molecular weight is 791 g/mol. The first kappa shape index (κ1) is 41.8. The first-order valence-electron chi connectivity index (χ1n) is 20.0. The van der Waals surface area contributed by atoms with E-state index in [-0.39, 0.29) is 26.4 Å². The molecule has 5 aromatic rings. The van der Waals surface area contributed by atoms with Crippen LogP contribution in [0.25, 0.3) is 0 Å². The summed E-state index contributed by atoms with van der Waals surface area (Å²) in [5.41, 5.74) is 4.93. The van der Waals surface area contributed by atoms with Crippen LogP contribution in [0.3, 0.4) is 0 Å². The molecule has 2 aliphatic heterocycles. The van der Waals surface area contributed by atoms with Gasteiger partial charge < -0.3 is 47.7 Å². The van der Waals surface area contributed by atoms with Crippen LogP contribution >= 0.6 is 0 Å². The summed E-state index contributed by atoms with van der Waals surface area (Å²) in [6.45, 7) is 3.00. The maximum absolute atomic E-state index is 10.9. The monoisotopic (exact) mass is 790 g/mol. The Balaban J connectivity index is 1.22. The van der Waals surface area contributed by atoms with Crippen LogP contribution in [0.1, 0.15) is 34.7 Å². The number of aliphatic hydroxyl groups excluding tert-OH is 1. The fraction of sp³-hybridized carbons (Fsp3) is 0.375. The lowest BCUT2D eigenvalue weighted by Gasteiger charge is -2.49. The lowest BCUT2D eigenvalue weighted by atomic mass is 9.96. The lowest BCUT2D eigenvalue weighted by molar-refractivity contribution is -0.372. The van der Waals surface area contributed by atoms with Crippen molar-refractivity contribution in [2.24, 2.45) is 0 Å². The van der Waals surface area contributed by atoms with Gasteiger partial charge in [0.2, 0.25) is 0 Å². The SMILES string of the molecule is CO[C@H]1O[C@H](CO)[C@@H](O[C@H]2O[C@@H](C)[C@@H](OCc3ccccc3)[C@@H](OCc3ccccc3)[C@@H]2OCc2ccccc2)[C@H](OCc2ccccc2)[C@H]1OCc1ccccc1. The van der Waals surface area contributed by atoms with Crippen molar-refractivity contribution in [2.45, 2.75) is 101 Å². The van der Waals surface area contributed by atoms with Gasteiger partial charge in [0, 0.05) is 7.11 Å². The van der Waals surface area contributed by atoms with Gasteiger partial charge in [-0.25, -0.2) is 0 Å². The normalized spacial score (nSPS) is 27.3. The molecule has 5 aromatic carbocycles. The van der Waals surface area contributed by atoms with Crippen molar-refractivity contribution in [3.8, 4) is 0 Å². The highest BCUT2D eigenvalue weighted by atomic mass is 16.8. The van der Waals surface area contributed by atoms with Crippen LogP contribution < -0.4 is 0 Å². The van der Waals surface area contributed by atoms with Crippen molar-refractivity contribution < 1.29 is 47.7 Å². The molecule has 1 N–H and O–H groups in total. The van der Waals surface area contributed by atoms with Gasteiger partial charge in [0.25, 0.3) is 0 Å². The molecule has 2 aliphatic rings. The maximum atomic E-state index is 10.9. The summed E-state index contributed by atoms with van der Waals surface area (Å²) in [5.74, 6) is 0. The summed E-state index contributed by atoms with van der Waals surface area (Å²) in [7, 11) is 1.55. The third kappa shape index (κ3) is 11.2. The summed E-state index contributed by atoms with van der Waals surface area (Å²) < 4.78 is 59.7. The largest absolute Gasteiger partial charge is 0.394 e. The van der Waals surface area contributed by atoms with E-state index in [4.69, 9.17) is 42.6 Å². The van der Waals surface area contributed by atoms with Gasteiger partial charge >= 0.3 is 0 Å². The zero-order chi connectivity index (χ0) is 39.9. The van der Waals surface area contributed by atoms with Crippen molar-refractivity contribution in [1.29, 1.82) is 0 Å². The molecule has 0 aromatic heterocycles. The predicted octanol–water partition coefficient (Wildman–Crippen LogP) is 7.41. The molecule has 0 bridgehead atoms. The second-order valence-electron chi connectivity index (χ2n) is 14.6. The molecule has 58 heavy (non-hydrogen) atoms. The van der Waals surface area contributed by atoms with Crippen LogP contribution in [-0.4, -0.2) is 80.2 Å². The molecular weight excluding hydrogens is 737 g/mol. The van der Waals surface area contributed by atoms with Crippen molar-refractivity contribution >= 4 is 0 Å². The van der Waals surface area contributed by atoms with E-state index in [1.807, 2.05) is 159 Å². The van der Waals surface area contributed by atoms with Gasteiger partial charge in [-0.05, 0) is 34.7 Å². The molecule has 0 radical (unpaired) electrons. The molecule has 10 heteroatoms. The van der Waals surface area contributed by atoms with E-state index >= 15 is 0 Å². The Kier molecular flexibility index (Phi) is 15.6. The van der Waals surface area contributed by atoms with Gasteiger partial charge in [-0.3, -0.25) is 0 Å². The molecular formula is C48H54O10. The summed E-state index contributed by atoms with van der Waals surface area (Å²) >= 11 is 0. The second-order valence-corrected chi connectivity index (χ2v) is 14.6. The minimum absolute atomic E-state index is 0.249. The van der Waals surface area contributed by atoms with Crippen LogP contribution in [-0.2, 0) is 75.7 Å². The standard InChI is InChI=1S/C48H54O10/c1-34-41(51-29-35-18-8-3-9-19-35)43(52-30-36-20-10-4-11-21-36)46(55-33-39-26-16-7-17-27-39)48(56-34)58-42-40(28-49)57-47(50-2)45(54-32-38-24-14-6-15-25-38)44(42)53-31-37-22-12-5-13-23-37/h3-27,34,40-49H,28-33H2,1-2H3/t34-,40+,41+,42+,43+,44-,45+,46-,47-,48+/m0/s1. The van der Waals surface area contributed by atoms with Crippen molar-refractivity contribution in [1.82, 2.24) is 0 Å². The smallest absolute Gasteiger partial charge is 0.187 e. The van der Waals surface area contributed by atoms with Crippen LogP contribution in [0.15, 0.2) is 152 Å². The van der Waals surface area contributed by atoms with Gasteiger partial charge in [0.15, 0.2) is 12.6 Å². The van der Waals surface area contributed by atoms with Crippen LogP contribution in [0, 0.1) is 0 Å². The summed E-state index contributed by atoms with van der Waals surface area (Å²) in [6, 6.07) is 49.7. The number of methoxy groups -OCH3 is 1. The van der Waals surface area contributed by atoms with Gasteiger partial charge in [0.1, 0.15) is 42.7 Å². The fourth-order valence-corrected chi connectivity index (χ4v) is 7.41. The van der Waals surface area contributed by atoms with Gasteiger partial charge in [-0.15, -0.1) is 0 Å². The zero-order valence-electron chi connectivity index (χ0n) is 33.1. The number of ether oxygens (including phenoxy) is 9. The van der Waals surface area contributed by atoms with E-state index in [1.54, 1.807) is 7.11 Å². The van der Waals surface area contributed by atoms with Crippen molar-refractivity contribution in [2.75, 3.05) is 13.7 Å². The summed E-state index contributed by atoms with van der Waals surface area (Å²) in [5, 5.41) is 10.9. The highest BCUT2D eigenvalue weighted by Crippen LogP contribution is 2.36. The second kappa shape index (κ2) is 21.6. The van der Waals surface area contributed by atoms with E-state index in [1.165, 1.54) is 0 Å². The Morgan fingerprint density at radius 3 is 1.10 bits per heavy atom. The van der Waals surface area contributed by atoms with Crippen LogP contribution in [0.2, 0.25) is 0 Å². The van der Waals surface area contributed by atoms with E-state index < -0.39 is 61.4 Å². The van der Waals surface area contributed by atoms with Crippen LogP contribution in [0.4, 0.5) is 0 Å². The molecule has 7 rings (SSSR count). The molecule has 0 unspecified atom stereocenters. The molecule has 10 nitrogen and oxygen atoms in total. The molecule has 0 amide bonds. The van der Waals surface area contributed by atoms with Gasteiger partial charge in [-0.1, -0.05) is 152 Å². The Hall–Kier alpha value is -4.30. The first-order valence-corrected chi connectivity index (χ1v) is 20.0. The summed E-state index contributed by atoms with van der Waals surface area (Å²) in [6.07, 6.45) is -7.62. The molecule has 10 atom stereocenters. The highest BCUT2D eigenvalue weighted by Gasteiger charge is 2.53.